The number of nitrogens with zero attached hydrogens (tertiary/aromatic N) is 3. The zero-order chi connectivity index (χ0) is 40.5. The van der Waals surface area contributed by atoms with E-state index in [1.54, 1.807) is 0 Å². The van der Waals surface area contributed by atoms with Gasteiger partial charge >= 0.3 is 0 Å². The lowest BCUT2D eigenvalue weighted by atomic mass is 9.91. The summed E-state index contributed by atoms with van der Waals surface area (Å²) in [7, 11) is 0. The van der Waals surface area contributed by atoms with Crippen molar-refractivity contribution in [3.8, 4) is 84.0 Å². The molecule has 0 radical (unpaired) electrons. The number of hydrogen-bond acceptors (Lipinski definition) is 2. The Morgan fingerprint density at radius 1 is 0.279 bits per heavy atom. The van der Waals surface area contributed by atoms with Gasteiger partial charge in [-0.15, -0.1) is 0 Å². The molecule has 3 nitrogen and oxygen atoms in total. The largest absolute Gasteiger partial charge is 0.294 e. The summed E-state index contributed by atoms with van der Waals surface area (Å²) in [5.74, 6) is 0.685. The van der Waals surface area contributed by atoms with Crippen LogP contribution in [0.3, 0.4) is 0 Å². The number of benzene rings is 9. The van der Waals surface area contributed by atoms with Crippen LogP contribution in [0.4, 0.5) is 0 Å². The SMILES string of the molecule is c1ccc(-c2cc(-c3ccccc3)cc(-c3cccc(-c4cccc(-c5cccc(-c6nc(-c7ccccc7)c7c8ccccc8n(-c8ccccc8)c7n6)c5)c4)c3)c2)cc1. The van der Waals surface area contributed by atoms with Crippen LogP contribution in [0.25, 0.3) is 106 Å². The van der Waals surface area contributed by atoms with Gasteiger partial charge < -0.3 is 0 Å². The van der Waals surface area contributed by atoms with Crippen LogP contribution in [0.15, 0.2) is 237 Å². The van der Waals surface area contributed by atoms with Gasteiger partial charge in [-0.2, -0.15) is 0 Å². The van der Waals surface area contributed by atoms with Crippen LogP contribution in [0.5, 0.6) is 0 Å². The zero-order valence-corrected chi connectivity index (χ0v) is 33.4. The van der Waals surface area contributed by atoms with Gasteiger partial charge in [-0.25, -0.2) is 9.97 Å². The van der Waals surface area contributed by atoms with Crippen LogP contribution in [-0.4, -0.2) is 14.5 Å². The minimum Gasteiger partial charge on any atom is -0.294 e. The fourth-order valence-corrected chi connectivity index (χ4v) is 8.61. The second-order valence-electron chi connectivity index (χ2n) is 15.4. The summed E-state index contributed by atoms with van der Waals surface area (Å²) in [4.78, 5) is 10.7. The predicted octanol–water partition coefficient (Wildman–Crippen LogP) is 15.2. The number of fused-ring (bicyclic) bond motifs is 3. The van der Waals surface area contributed by atoms with Gasteiger partial charge in [0.1, 0.15) is 5.65 Å². The smallest absolute Gasteiger partial charge is 0.162 e. The van der Waals surface area contributed by atoms with Gasteiger partial charge in [-0.3, -0.25) is 4.57 Å². The van der Waals surface area contributed by atoms with Crippen LogP contribution in [0.2, 0.25) is 0 Å². The van der Waals surface area contributed by atoms with E-state index in [9.17, 15) is 0 Å². The highest BCUT2D eigenvalue weighted by atomic mass is 15.1. The maximum Gasteiger partial charge on any atom is 0.162 e. The molecule has 286 valence electrons. The highest BCUT2D eigenvalue weighted by Gasteiger charge is 2.21. The second-order valence-corrected chi connectivity index (χ2v) is 15.4. The molecule has 0 fully saturated rings. The Morgan fingerprint density at radius 3 is 1.20 bits per heavy atom. The van der Waals surface area contributed by atoms with Crippen LogP contribution in [0, 0.1) is 0 Å². The van der Waals surface area contributed by atoms with E-state index in [0.29, 0.717) is 5.82 Å². The molecule has 2 aromatic heterocycles. The van der Waals surface area contributed by atoms with Gasteiger partial charge in [0.25, 0.3) is 0 Å². The van der Waals surface area contributed by atoms with E-state index in [2.05, 4.69) is 241 Å². The molecule has 0 spiro atoms. The predicted molar refractivity (Wildman–Crippen MR) is 254 cm³/mol. The summed E-state index contributed by atoms with van der Waals surface area (Å²) < 4.78 is 2.27. The summed E-state index contributed by atoms with van der Waals surface area (Å²) in [5, 5.41) is 2.17. The van der Waals surface area contributed by atoms with Gasteiger partial charge in [0.05, 0.1) is 16.6 Å². The molecule has 0 unspecified atom stereocenters. The van der Waals surface area contributed by atoms with Crippen molar-refractivity contribution in [1.82, 2.24) is 14.5 Å². The molecule has 0 aliphatic carbocycles. The van der Waals surface area contributed by atoms with Crippen molar-refractivity contribution in [2.75, 3.05) is 0 Å². The molecule has 3 heteroatoms. The number of hydrogen-bond donors (Lipinski definition) is 0. The molecule has 0 saturated heterocycles. The molecule has 0 saturated carbocycles. The Kier molecular flexibility index (Phi) is 9.18. The van der Waals surface area contributed by atoms with E-state index in [1.165, 1.54) is 33.4 Å². The van der Waals surface area contributed by atoms with Crippen LogP contribution < -0.4 is 0 Å². The molecule has 11 aromatic rings. The molecular formula is C58H39N3. The Balaban J connectivity index is 1.00. The van der Waals surface area contributed by atoms with Crippen molar-refractivity contribution in [3.63, 3.8) is 0 Å². The van der Waals surface area contributed by atoms with E-state index in [-0.39, 0.29) is 0 Å². The Morgan fingerprint density at radius 2 is 0.656 bits per heavy atom. The number of rotatable bonds is 8. The van der Waals surface area contributed by atoms with Crippen molar-refractivity contribution < 1.29 is 0 Å². The summed E-state index contributed by atoms with van der Waals surface area (Å²) >= 11 is 0. The van der Waals surface area contributed by atoms with E-state index in [1.807, 2.05) is 0 Å². The molecule has 61 heavy (non-hydrogen) atoms. The summed E-state index contributed by atoms with van der Waals surface area (Å²) in [5.41, 5.74) is 17.7. The third-order valence-electron chi connectivity index (χ3n) is 11.6. The molecule has 0 bridgehead atoms. The average molecular weight is 778 g/mol. The number of aromatic nitrogens is 3. The first-order valence-electron chi connectivity index (χ1n) is 20.7. The molecular weight excluding hydrogens is 739 g/mol. The lowest BCUT2D eigenvalue weighted by Crippen LogP contribution is -1.99. The van der Waals surface area contributed by atoms with E-state index in [4.69, 9.17) is 9.97 Å². The molecule has 0 aliphatic heterocycles. The van der Waals surface area contributed by atoms with E-state index >= 15 is 0 Å². The minimum atomic E-state index is 0.685. The fraction of sp³-hybridized carbons (Fsp3) is 0. The third-order valence-corrected chi connectivity index (χ3v) is 11.6. The molecule has 0 aliphatic rings. The van der Waals surface area contributed by atoms with E-state index < -0.39 is 0 Å². The molecule has 0 atom stereocenters. The zero-order valence-electron chi connectivity index (χ0n) is 33.4. The van der Waals surface area contributed by atoms with Crippen molar-refractivity contribution in [2.45, 2.75) is 0 Å². The van der Waals surface area contributed by atoms with Gasteiger partial charge in [-0.1, -0.05) is 182 Å². The lowest BCUT2D eigenvalue weighted by molar-refractivity contribution is 1.11. The Labute approximate surface area is 355 Å². The molecule has 9 aromatic carbocycles. The second kappa shape index (κ2) is 15.6. The van der Waals surface area contributed by atoms with Crippen molar-refractivity contribution in [1.29, 1.82) is 0 Å². The van der Waals surface area contributed by atoms with Gasteiger partial charge in [-0.05, 0) is 110 Å². The molecule has 2 heterocycles. The summed E-state index contributed by atoms with van der Waals surface area (Å²) in [6.45, 7) is 0. The van der Waals surface area contributed by atoms with Crippen molar-refractivity contribution in [3.05, 3.63) is 237 Å². The molecule has 0 N–H and O–H groups in total. The maximum atomic E-state index is 5.39. The summed E-state index contributed by atoms with van der Waals surface area (Å²) in [6, 6.07) is 84.1. The van der Waals surface area contributed by atoms with E-state index in [0.717, 1.165) is 66.7 Å². The first-order chi connectivity index (χ1) is 30.2. The van der Waals surface area contributed by atoms with Gasteiger partial charge in [0.15, 0.2) is 5.82 Å². The lowest BCUT2D eigenvalue weighted by Gasteiger charge is -2.13. The fourth-order valence-electron chi connectivity index (χ4n) is 8.61. The van der Waals surface area contributed by atoms with Crippen LogP contribution in [0.1, 0.15) is 0 Å². The monoisotopic (exact) mass is 777 g/mol. The standard InChI is InChI=1S/C58H39N3/c1-5-18-40(19-6-1)49-37-50(41-20-7-2-8-21-41)39-51(38-49)47-28-16-26-45(35-47)43-24-15-25-44(34-43)46-27-17-29-48(36-46)57-59-56(42-22-9-3-10-23-42)55-53-32-13-14-33-54(53)61(58(55)60-57)52-30-11-4-12-31-52/h1-39H. The van der Waals surface area contributed by atoms with Crippen molar-refractivity contribution >= 4 is 21.9 Å². The van der Waals surface area contributed by atoms with Gasteiger partial charge in [0.2, 0.25) is 0 Å². The van der Waals surface area contributed by atoms with Crippen LogP contribution >= 0.6 is 0 Å². The first-order valence-corrected chi connectivity index (χ1v) is 20.7. The average Bonchev–Trinajstić information content (AvgIpc) is 3.69. The minimum absolute atomic E-state index is 0.685. The Hall–Kier alpha value is -8.14. The molecule has 0 amide bonds. The van der Waals surface area contributed by atoms with Gasteiger partial charge in [0, 0.05) is 22.2 Å². The normalized spacial score (nSPS) is 11.3. The highest BCUT2D eigenvalue weighted by molar-refractivity contribution is 6.14. The topological polar surface area (TPSA) is 30.7 Å². The van der Waals surface area contributed by atoms with Crippen molar-refractivity contribution in [2.24, 2.45) is 0 Å². The van der Waals surface area contributed by atoms with Crippen LogP contribution in [-0.2, 0) is 0 Å². The highest BCUT2D eigenvalue weighted by Crippen LogP contribution is 2.39. The Bertz CT molecular complexity index is 3280. The quantitative estimate of drug-likeness (QED) is 0.154. The third kappa shape index (κ3) is 6.88. The number of para-hydroxylation sites is 2. The summed E-state index contributed by atoms with van der Waals surface area (Å²) in [6.07, 6.45) is 0. The molecule has 11 rings (SSSR count). The maximum absolute atomic E-state index is 5.39. The first kappa shape index (κ1) is 36.0.